The second-order valence-corrected chi connectivity index (χ2v) is 48.6. The maximum Gasteiger partial charge on any atom is 2.00 e. The molecule has 0 aliphatic rings. The van der Waals surface area contributed by atoms with Crippen LogP contribution in [0, 0.1) is 106 Å². The van der Waals surface area contributed by atoms with Crippen LogP contribution in [0.4, 0.5) is 44.7 Å². The average Bonchev–Trinajstić information content (AvgIpc) is 0.799. The van der Waals surface area contributed by atoms with Gasteiger partial charge in [0, 0.05) is 52.7 Å². The molecule has 0 aromatic heterocycles. The van der Waals surface area contributed by atoms with E-state index in [2.05, 4.69) is 209 Å². The van der Waals surface area contributed by atoms with Crippen molar-refractivity contribution in [1.82, 2.24) is 0 Å². The number of aromatic hydroxyl groups is 4. The van der Waals surface area contributed by atoms with Crippen LogP contribution in [-0.2, 0) is 108 Å². The van der Waals surface area contributed by atoms with Gasteiger partial charge in [0.25, 0.3) is 0 Å². The zero-order valence-corrected chi connectivity index (χ0v) is 85.8. The summed E-state index contributed by atoms with van der Waals surface area (Å²) in [5.74, 6) is -8.14. The Morgan fingerprint density at radius 3 is 0.920 bits per heavy atom. The Hall–Kier alpha value is -4.11. The summed E-state index contributed by atoms with van der Waals surface area (Å²) in [5.41, 5.74) is 16.0. The van der Waals surface area contributed by atoms with Crippen LogP contribution in [0.5, 0.6) is 40.2 Å². The standard InChI is InChI=1S/C21H27NO4.C21H27NO.C20H25NO.C18H16F5NO.2C2H6N.2CH3.4BrH.Ti.3Zr/c1-13-8-15(21(2,3)4)19(23)16(9-13)22-12-14-10-17(24-5)20(26-7)18(11-14)25-6;1-13-8-15(3)17(16(4)9-13)12-22-19-11-14(2)10-18(20(19)23)21(5,6)7;1-13-7-8-15(3)16(9-13)12-21-18-11-14(2)10-17(19(18)22)20(4,5)6;1-8-5-10(18(2,3)4)17(25)11(6-8)24-7-9-12(19)14(21)16(23)15(22)13(9)20;2*1-3-2;;;;;;;;;;/h8-12,23H,1-7H3;8-12,23H,1-7H3;7-12,22H,1-6H3;5-7,25H,1-4H3;2*1-2H3;2*1H3;4*1H;;;;/q;;;;4*-1;;;;;4*+2/p-4. The van der Waals surface area contributed by atoms with Crippen LogP contribution >= 0.6 is 50.8 Å². The quantitative estimate of drug-likeness (QED) is 0.0248. The topological polar surface area (TPSA) is 186 Å². The Bertz CT molecular complexity index is 4330. The zero-order valence-electron chi connectivity index (χ0n) is 70.6. The second-order valence-electron chi connectivity index (χ2n) is 29.4. The van der Waals surface area contributed by atoms with Crippen LogP contribution in [0.15, 0.2) is 111 Å². The molecule has 4 N–H and O–H groups in total. The predicted octanol–water partition coefficient (Wildman–Crippen LogP) is 26.8. The number of aryl methyl sites for hydroxylation is 9. The van der Waals surface area contributed by atoms with Gasteiger partial charge in [0.2, 0.25) is 11.6 Å². The largest absolute Gasteiger partial charge is 2.00 e. The Labute approximate surface area is 749 Å². The van der Waals surface area contributed by atoms with Gasteiger partial charge in [0.15, 0.2) is 34.8 Å². The first-order chi connectivity index (χ1) is 50.1. The smallest absolute Gasteiger partial charge is 0.358 e. The molecule has 8 aromatic rings. The fourth-order valence-electron chi connectivity index (χ4n) is 10.5. The maximum absolute atomic E-state index is 13.7. The van der Waals surface area contributed by atoms with Gasteiger partial charge in [0.05, 0.1) is 26.9 Å². The van der Waals surface area contributed by atoms with Gasteiger partial charge in [-0.15, -0.1) is 0 Å². The first-order valence-corrected chi connectivity index (χ1v) is 52.9. The molecule has 0 bridgehead atoms. The van der Waals surface area contributed by atoms with Crippen molar-refractivity contribution < 1.29 is 142 Å². The Kier molecular flexibility index (Phi) is 55.1. The molecule has 0 spiro atoms. The van der Waals surface area contributed by atoms with E-state index in [-0.39, 0.29) is 146 Å². The molecule has 608 valence electrons. The van der Waals surface area contributed by atoms with E-state index in [0.717, 1.165) is 50.1 Å². The second kappa shape index (κ2) is 54.1. The predicted molar refractivity (Wildman–Crippen MR) is 463 cm³/mol. The van der Waals surface area contributed by atoms with Crippen LogP contribution in [0.25, 0.3) is 10.6 Å². The molecule has 0 saturated heterocycles. The van der Waals surface area contributed by atoms with Crippen molar-refractivity contribution in [2.24, 2.45) is 20.0 Å². The van der Waals surface area contributed by atoms with Gasteiger partial charge in [-0.3, -0.25) is 20.0 Å². The molecule has 0 aliphatic carbocycles. The van der Waals surface area contributed by atoms with Crippen LogP contribution < -0.4 is 14.2 Å². The van der Waals surface area contributed by atoms with Gasteiger partial charge in [0.1, 0.15) is 45.7 Å². The maximum atomic E-state index is 13.7. The average molecular weight is 2080 g/mol. The summed E-state index contributed by atoms with van der Waals surface area (Å²) >= 11 is 12.8. The van der Waals surface area contributed by atoms with Gasteiger partial charge in [-0.05, 0) is 170 Å². The van der Waals surface area contributed by atoms with E-state index in [1.807, 2.05) is 103 Å². The molecule has 8 aromatic carbocycles. The van der Waals surface area contributed by atoms with E-state index in [1.165, 1.54) is 33.9 Å². The molecule has 0 atom stereocenters. The van der Waals surface area contributed by atoms with Crippen molar-refractivity contribution in [2.75, 3.05) is 49.5 Å². The molecule has 0 radical (unpaired) electrons. The molecular formula is C86H113Br4F5N6O7TiZr3. The minimum absolute atomic E-state index is 0. The number of methoxy groups -OCH3 is 3. The summed E-state index contributed by atoms with van der Waals surface area (Å²) in [7, 11) is 11.7. The molecule has 26 heteroatoms. The number of hydrogen-bond donors (Lipinski definition) is 4. The van der Waals surface area contributed by atoms with Gasteiger partial charge < -0.3 is 60.1 Å². The van der Waals surface area contributed by atoms with Crippen LogP contribution in [0.1, 0.15) is 178 Å². The monoisotopic (exact) mass is 2070 g/mol. The minimum atomic E-state index is -2.24. The normalized spacial score (nSPS) is 10.9. The summed E-state index contributed by atoms with van der Waals surface area (Å²) in [4.78, 5) is 17.3. The molecule has 0 aliphatic heterocycles. The van der Waals surface area contributed by atoms with Crippen molar-refractivity contribution in [3.8, 4) is 40.2 Å². The SMILES string of the molecule is COc1cc(C=Nc2cc(C)cc(C(C)(C)C)c2O)cc(OC)c1OC.C[N-]C.C[N-]C.Cc1cc(C)c(C=Nc2cc(C)cc(C(C)(C)C)c2O)c(C)c1.Cc1cc(N=Cc2c(F)c(F)c(F)c(F)c2F)c(O)c(C(C)(C)C)c1.Cc1ccc(C)c(C=Nc2cc(C)cc(C(C)(C)C)c2O)c1.[Br][Ti][Br].[Br][Zr][Br].[CH3-].[CH3-].[Zr+2].[Zr+2]. The van der Waals surface area contributed by atoms with Gasteiger partial charge in [-0.2, -0.15) is 28.2 Å². The molecule has 0 unspecified atom stereocenters. The van der Waals surface area contributed by atoms with Gasteiger partial charge >= 0.3 is 137 Å². The third kappa shape index (κ3) is 36.4. The van der Waals surface area contributed by atoms with Crippen LogP contribution in [0.3, 0.4) is 0 Å². The molecule has 8 rings (SSSR count). The van der Waals surface area contributed by atoms with Crippen molar-refractivity contribution in [3.63, 3.8) is 0 Å². The number of phenolic OH excluding ortho intramolecular Hbond substituents is 4. The van der Waals surface area contributed by atoms with Crippen LogP contribution in [0.2, 0.25) is 0 Å². The fourth-order valence-corrected chi connectivity index (χ4v) is 10.5. The number of nitrogens with zero attached hydrogens (tertiary/aromatic N) is 6. The molecular weight excluding hydrogens is 1970 g/mol. The number of aliphatic imine (C=N–C) groups is 4. The van der Waals surface area contributed by atoms with E-state index in [4.69, 9.17) is 14.2 Å². The summed E-state index contributed by atoms with van der Waals surface area (Å²) < 4.78 is 82.9. The number of halogens is 9. The summed E-state index contributed by atoms with van der Waals surface area (Å²) in [5, 5.41) is 49.1. The third-order valence-corrected chi connectivity index (χ3v) is 15.6. The summed E-state index contributed by atoms with van der Waals surface area (Å²) in [6.07, 6.45) is 5.89. The molecule has 0 amide bonds. The zero-order chi connectivity index (χ0) is 83.3. The van der Waals surface area contributed by atoms with Crippen molar-refractivity contribution in [1.29, 1.82) is 0 Å². The van der Waals surface area contributed by atoms with E-state index >= 15 is 0 Å². The van der Waals surface area contributed by atoms with Crippen molar-refractivity contribution in [3.05, 3.63) is 240 Å². The number of rotatable bonds is 11. The number of benzene rings is 8. The van der Waals surface area contributed by atoms with E-state index in [0.29, 0.717) is 51.7 Å². The summed E-state index contributed by atoms with van der Waals surface area (Å²) in [6.45, 7) is 42.5. The van der Waals surface area contributed by atoms with E-state index in [9.17, 15) is 42.4 Å². The molecule has 0 saturated carbocycles. The number of hydrogen-bond acceptors (Lipinski definition) is 11. The fraction of sp³-hybridized carbons (Fsp3) is 0.372. The molecule has 13 nitrogen and oxygen atoms in total. The Morgan fingerprint density at radius 1 is 0.384 bits per heavy atom. The molecule has 0 fully saturated rings. The van der Waals surface area contributed by atoms with E-state index < -0.39 is 40.1 Å². The number of phenols is 4. The molecule has 112 heavy (non-hydrogen) atoms. The minimum Gasteiger partial charge on any atom is -0.358 e. The first-order valence-electron chi connectivity index (χ1n) is 34.0. The van der Waals surface area contributed by atoms with Crippen molar-refractivity contribution >= 4 is 98.4 Å². The first kappa shape index (κ1) is 114. The Morgan fingerprint density at radius 2 is 0.643 bits per heavy atom. The Balaban J connectivity index is -0.000000654. The van der Waals surface area contributed by atoms with Crippen LogP contribution in [-0.4, -0.2) is 94.8 Å². The van der Waals surface area contributed by atoms with E-state index in [1.54, 1.807) is 68.7 Å². The number of ether oxygens (including phenoxy) is 3. The summed E-state index contributed by atoms with van der Waals surface area (Å²) in [6, 6.07) is 29.2. The third-order valence-electron chi connectivity index (χ3n) is 15.6. The van der Waals surface area contributed by atoms with Gasteiger partial charge in [-0.25, -0.2) is 22.0 Å². The van der Waals surface area contributed by atoms with Gasteiger partial charge in [-0.1, -0.05) is 149 Å². The molecule has 0 heterocycles. The van der Waals surface area contributed by atoms with Crippen molar-refractivity contribution in [2.45, 2.75) is 167 Å².